The lowest BCUT2D eigenvalue weighted by molar-refractivity contribution is -0.164. The average Bonchev–Trinajstić information content (AvgIpc) is 2.98. The molecule has 1 N–H and O–H groups in total. The molecule has 1 aromatic carbocycles. The number of piperidine rings is 1. The Labute approximate surface area is 170 Å². The molecular weight excluding hydrogens is 368 g/mol. The fourth-order valence-corrected chi connectivity index (χ4v) is 7.16. The van der Waals surface area contributed by atoms with E-state index in [4.69, 9.17) is 4.74 Å². The number of ether oxygens (including phenoxy) is 1. The number of nitrogens with one attached hydrogen (secondary N) is 1. The molecule has 0 aromatic heterocycles. The predicted molar refractivity (Wildman–Crippen MR) is 107 cm³/mol. The summed E-state index contributed by atoms with van der Waals surface area (Å²) in [5, 5.41) is 3.00. The summed E-state index contributed by atoms with van der Waals surface area (Å²) in [6.45, 7) is 3.27. The predicted octanol–water partition coefficient (Wildman–Crippen LogP) is 2.44. The summed E-state index contributed by atoms with van der Waals surface area (Å²) < 4.78 is 5.29. The molecule has 1 saturated heterocycles. The van der Waals surface area contributed by atoms with E-state index in [1.54, 1.807) is 6.92 Å². The first kappa shape index (κ1) is 18.6. The number of anilines is 1. The zero-order valence-corrected chi connectivity index (χ0v) is 16.9. The fraction of sp³-hybridized carbons (Fsp3) is 0.522. The second-order valence-electron chi connectivity index (χ2n) is 9.06. The minimum absolute atomic E-state index is 0.0737. The molecule has 1 spiro atoms. The molecule has 3 heterocycles. The SMILES string of the molecule is COC(=O)[C@@]12C[C@]3(CC(C)=O)C=CCN4CCC[C@@]1(c1ccccc1NC2=O)[C@@H]43. The van der Waals surface area contributed by atoms with Gasteiger partial charge < -0.3 is 10.1 Å². The van der Waals surface area contributed by atoms with Crippen molar-refractivity contribution in [3.63, 3.8) is 0 Å². The van der Waals surface area contributed by atoms with Gasteiger partial charge in [-0.1, -0.05) is 30.4 Å². The number of benzene rings is 1. The molecule has 4 atom stereocenters. The molecule has 1 aliphatic carbocycles. The van der Waals surface area contributed by atoms with Crippen molar-refractivity contribution in [1.29, 1.82) is 0 Å². The summed E-state index contributed by atoms with van der Waals surface area (Å²) in [5.74, 6) is -0.711. The lowest BCUT2D eigenvalue weighted by atomic mass is 9.54. The lowest BCUT2D eigenvalue weighted by Gasteiger charge is -2.57. The van der Waals surface area contributed by atoms with E-state index in [2.05, 4.69) is 22.4 Å². The van der Waals surface area contributed by atoms with Gasteiger partial charge in [-0.05, 0) is 44.4 Å². The molecule has 3 aliphatic heterocycles. The molecule has 0 unspecified atom stereocenters. The van der Waals surface area contributed by atoms with Gasteiger partial charge >= 0.3 is 5.97 Å². The van der Waals surface area contributed by atoms with Crippen LogP contribution in [0.3, 0.4) is 0 Å². The Morgan fingerprint density at radius 2 is 2.10 bits per heavy atom. The second-order valence-corrected chi connectivity index (χ2v) is 9.06. The van der Waals surface area contributed by atoms with Crippen LogP contribution in [-0.2, 0) is 24.5 Å². The number of para-hydroxylation sites is 1. The Balaban J connectivity index is 1.87. The molecule has 4 aliphatic rings. The number of ketones is 1. The molecule has 5 rings (SSSR count). The summed E-state index contributed by atoms with van der Waals surface area (Å²) in [4.78, 5) is 41.9. The van der Waals surface area contributed by atoms with Crippen molar-refractivity contribution < 1.29 is 19.1 Å². The van der Waals surface area contributed by atoms with Gasteiger partial charge in [-0.25, -0.2) is 0 Å². The van der Waals surface area contributed by atoms with E-state index in [1.165, 1.54) is 7.11 Å². The zero-order chi connectivity index (χ0) is 20.4. The molecule has 6 nitrogen and oxygen atoms in total. The molecule has 1 aromatic rings. The zero-order valence-electron chi connectivity index (χ0n) is 16.9. The van der Waals surface area contributed by atoms with Crippen molar-refractivity contribution in [3.05, 3.63) is 42.0 Å². The van der Waals surface area contributed by atoms with E-state index in [-0.39, 0.29) is 17.7 Å². The van der Waals surface area contributed by atoms with Gasteiger partial charge in [-0.2, -0.15) is 0 Å². The van der Waals surface area contributed by atoms with Crippen molar-refractivity contribution >= 4 is 23.3 Å². The van der Waals surface area contributed by atoms with Crippen LogP contribution in [0.15, 0.2) is 36.4 Å². The van der Waals surface area contributed by atoms with Crippen molar-refractivity contribution in [2.24, 2.45) is 10.8 Å². The van der Waals surface area contributed by atoms with Crippen LogP contribution in [0.2, 0.25) is 0 Å². The van der Waals surface area contributed by atoms with Gasteiger partial charge in [-0.15, -0.1) is 0 Å². The highest BCUT2D eigenvalue weighted by molar-refractivity contribution is 6.14. The molecule has 29 heavy (non-hydrogen) atoms. The number of rotatable bonds is 3. The Hall–Kier alpha value is -2.47. The van der Waals surface area contributed by atoms with Crippen LogP contribution in [-0.4, -0.2) is 48.8 Å². The van der Waals surface area contributed by atoms with Gasteiger partial charge in [-0.3, -0.25) is 19.3 Å². The third-order valence-electron chi connectivity index (χ3n) is 7.69. The molecule has 1 amide bonds. The van der Waals surface area contributed by atoms with E-state index >= 15 is 0 Å². The number of fused-ring (bicyclic) bond motifs is 1. The van der Waals surface area contributed by atoms with Gasteiger partial charge in [0.15, 0.2) is 5.41 Å². The monoisotopic (exact) mass is 394 g/mol. The highest BCUT2D eigenvalue weighted by Gasteiger charge is 2.79. The Kier molecular flexibility index (Phi) is 3.85. The van der Waals surface area contributed by atoms with Gasteiger partial charge in [0.25, 0.3) is 0 Å². The van der Waals surface area contributed by atoms with E-state index in [0.717, 1.165) is 37.2 Å². The maximum atomic E-state index is 13.7. The van der Waals surface area contributed by atoms with Gasteiger partial charge in [0, 0.05) is 35.5 Å². The minimum Gasteiger partial charge on any atom is -0.468 e. The van der Waals surface area contributed by atoms with E-state index < -0.39 is 22.2 Å². The summed E-state index contributed by atoms with van der Waals surface area (Å²) in [6, 6.07) is 7.73. The summed E-state index contributed by atoms with van der Waals surface area (Å²) in [7, 11) is 1.36. The molecule has 0 bridgehead atoms. The largest absolute Gasteiger partial charge is 0.468 e. The highest BCUT2D eigenvalue weighted by atomic mass is 16.5. The maximum Gasteiger partial charge on any atom is 0.322 e. The first-order chi connectivity index (χ1) is 13.9. The summed E-state index contributed by atoms with van der Waals surface area (Å²) in [6.07, 6.45) is 6.44. The second kappa shape index (κ2) is 6.02. The Morgan fingerprint density at radius 1 is 1.31 bits per heavy atom. The number of amides is 1. The van der Waals surface area contributed by atoms with E-state index in [9.17, 15) is 14.4 Å². The molecule has 0 radical (unpaired) electrons. The van der Waals surface area contributed by atoms with Gasteiger partial charge in [0.2, 0.25) is 5.91 Å². The van der Waals surface area contributed by atoms with Crippen LogP contribution in [0.4, 0.5) is 5.69 Å². The average molecular weight is 394 g/mol. The number of Topliss-reactive ketones (excluding diaryl/α,β-unsaturated/α-hetero) is 1. The van der Waals surface area contributed by atoms with Gasteiger partial charge in [0.1, 0.15) is 5.78 Å². The minimum atomic E-state index is -1.34. The summed E-state index contributed by atoms with van der Waals surface area (Å²) >= 11 is 0. The van der Waals surface area contributed by atoms with Crippen LogP contribution >= 0.6 is 0 Å². The number of hydrogen-bond donors (Lipinski definition) is 1. The number of nitrogens with zero attached hydrogens (tertiary/aromatic N) is 1. The van der Waals surface area contributed by atoms with Crippen LogP contribution < -0.4 is 5.32 Å². The van der Waals surface area contributed by atoms with Crippen LogP contribution in [0, 0.1) is 10.8 Å². The number of carbonyl (C=O) groups excluding carboxylic acids is 3. The smallest absolute Gasteiger partial charge is 0.322 e. The number of esters is 1. The van der Waals surface area contributed by atoms with Crippen molar-refractivity contribution in [2.45, 2.75) is 44.1 Å². The first-order valence-corrected chi connectivity index (χ1v) is 10.3. The standard InChI is InChI=1S/C23H26N2O4/c1-15(26)13-21-9-5-11-25-12-6-10-22(18(21)25)16-7-3-4-8-17(16)24-19(27)23(22,14-21)20(28)29-2/h3-5,7-9,18H,6,10-14H2,1-2H3,(H,24,27)/t18-,21+,22+,23-/m0/s1. The van der Waals surface area contributed by atoms with Crippen LogP contribution in [0.1, 0.15) is 38.2 Å². The molecule has 6 heteroatoms. The molecule has 1 saturated carbocycles. The Bertz CT molecular complexity index is 956. The molecule has 152 valence electrons. The normalized spacial score (nSPS) is 37.2. The highest BCUT2D eigenvalue weighted by Crippen LogP contribution is 2.71. The number of hydrogen-bond acceptors (Lipinski definition) is 5. The fourth-order valence-electron chi connectivity index (χ4n) is 7.16. The van der Waals surface area contributed by atoms with Crippen molar-refractivity contribution in [3.8, 4) is 0 Å². The third kappa shape index (κ3) is 2.08. The Morgan fingerprint density at radius 3 is 2.86 bits per heavy atom. The topological polar surface area (TPSA) is 75.7 Å². The van der Waals surface area contributed by atoms with Crippen molar-refractivity contribution in [2.75, 3.05) is 25.5 Å². The van der Waals surface area contributed by atoms with Crippen molar-refractivity contribution in [1.82, 2.24) is 4.90 Å². The quantitative estimate of drug-likeness (QED) is 0.484. The maximum absolute atomic E-state index is 13.7. The molecular formula is C23H26N2O4. The van der Waals surface area contributed by atoms with Crippen LogP contribution in [0.25, 0.3) is 0 Å². The number of carbonyl (C=O) groups is 3. The third-order valence-corrected chi connectivity index (χ3v) is 7.69. The van der Waals surface area contributed by atoms with E-state index in [1.807, 2.05) is 24.3 Å². The molecule has 2 fully saturated rings. The van der Waals surface area contributed by atoms with E-state index in [0.29, 0.717) is 12.8 Å². The lowest BCUT2D eigenvalue weighted by Crippen LogP contribution is -2.67. The van der Waals surface area contributed by atoms with Crippen LogP contribution in [0.5, 0.6) is 0 Å². The number of methoxy groups -OCH3 is 1. The van der Waals surface area contributed by atoms with Gasteiger partial charge in [0.05, 0.1) is 7.11 Å². The summed E-state index contributed by atoms with van der Waals surface area (Å²) in [5.41, 5.74) is -0.846. The first-order valence-electron chi connectivity index (χ1n) is 10.3.